The van der Waals surface area contributed by atoms with Crippen molar-refractivity contribution >= 4 is 17.2 Å². The first-order chi connectivity index (χ1) is 9.16. The maximum atomic E-state index is 14.0. The van der Waals surface area contributed by atoms with Crippen molar-refractivity contribution in [3.8, 4) is 21.7 Å². The first-order valence-electron chi connectivity index (χ1n) is 5.72. The second-order valence-electron chi connectivity index (χ2n) is 4.23. The van der Waals surface area contributed by atoms with Gasteiger partial charge in [0.25, 0.3) is 0 Å². The van der Waals surface area contributed by atoms with Gasteiger partial charge in [0, 0.05) is 10.4 Å². The third kappa shape index (κ3) is 2.02. The molecule has 0 aliphatic rings. The number of benzene rings is 1. The number of rotatable bonds is 2. The van der Waals surface area contributed by atoms with Crippen molar-refractivity contribution in [2.75, 3.05) is 5.73 Å². The highest BCUT2D eigenvalue weighted by Gasteiger charge is 2.20. The van der Waals surface area contributed by atoms with E-state index in [1.165, 1.54) is 17.4 Å². The lowest BCUT2D eigenvalue weighted by Crippen LogP contribution is -1.89. The summed E-state index contributed by atoms with van der Waals surface area (Å²) in [5.41, 5.74) is 8.15. The summed E-state index contributed by atoms with van der Waals surface area (Å²) in [6.45, 7) is 1.84. The molecule has 0 amide bonds. The smallest absolute Gasteiger partial charge is 0.231 e. The summed E-state index contributed by atoms with van der Waals surface area (Å²) in [7, 11) is 0. The molecular weight excluding hydrogens is 263 g/mol. The van der Waals surface area contributed by atoms with Crippen molar-refractivity contribution in [2.45, 2.75) is 6.92 Å². The number of nitrogens with zero attached hydrogens (tertiary/aromatic N) is 1. The van der Waals surface area contributed by atoms with Crippen LogP contribution in [0.2, 0.25) is 0 Å². The number of hydrogen-bond donors (Lipinski definition) is 1. The molecule has 3 rings (SSSR count). The average Bonchev–Trinajstić information content (AvgIpc) is 2.98. The number of nitrogen functional groups attached to an aromatic ring is 1. The highest BCUT2D eigenvalue weighted by Crippen LogP contribution is 2.39. The summed E-state index contributed by atoms with van der Waals surface area (Å²) in [6.07, 6.45) is 0. The minimum absolute atomic E-state index is 0.206. The Bertz CT molecular complexity index is 719. The van der Waals surface area contributed by atoms with E-state index in [0.29, 0.717) is 16.8 Å². The van der Waals surface area contributed by atoms with Crippen LogP contribution in [0.5, 0.6) is 0 Å². The number of hydrogen-bond acceptors (Lipinski definition) is 4. The second kappa shape index (κ2) is 4.51. The Balaban J connectivity index is 2.21. The fourth-order valence-corrected chi connectivity index (χ4v) is 2.73. The van der Waals surface area contributed by atoms with E-state index in [-0.39, 0.29) is 11.7 Å². The van der Waals surface area contributed by atoms with Gasteiger partial charge < -0.3 is 10.3 Å². The molecule has 0 saturated carbocycles. The summed E-state index contributed by atoms with van der Waals surface area (Å²) < 4.78 is 19.1. The Morgan fingerprint density at radius 1 is 1.32 bits per heavy atom. The molecule has 0 aliphatic carbocycles. The van der Waals surface area contributed by atoms with E-state index in [0.717, 1.165) is 10.4 Å². The van der Waals surface area contributed by atoms with Crippen LogP contribution in [0, 0.1) is 12.7 Å². The van der Waals surface area contributed by atoms with Gasteiger partial charge in [-0.05, 0) is 36.1 Å². The molecule has 0 atom stereocenters. The molecule has 2 N–H and O–H groups in total. The first kappa shape index (κ1) is 11.9. The number of nitrogens with two attached hydrogens (primary N) is 1. The number of anilines is 1. The van der Waals surface area contributed by atoms with Gasteiger partial charge in [-0.1, -0.05) is 17.3 Å². The maximum Gasteiger partial charge on any atom is 0.231 e. The van der Waals surface area contributed by atoms with Crippen LogP contribution in [0.15, 0.2) is 40.2 Å². The van der Waals surface area contributed by atoms with Crippen molar-refractivity contribution in [3.05, 3.63) is 47.1 Å². The molecule has 0 bridgehead atoms. The van der Waals surface area contributed by atoms with Crippen LogP contribution in [-0.4, -0.2) is 5.16 Å². The lowest BCUT2D eigenvalue weighted by Gasteiger charge is -2.03. The number of thiophene rings is 1. The largest absolute Gasteiger partial charge is 0.367 e. The van der Waals surface area contributed by atoms with Crippen LogP contribution in [0.1, 0.15) is 5.56 Å². The van der Waals surface area contributed by atoms with Crippen molar-refractivity contribution in [1.82, 2.24) is 5.16 Å². The fraction of sp³-hybridized carbons (Fsp3) is 0.0714. The van der Waals surface area contributed by atoms with E-state index in [4.69, 9.17) is 10.3 Å². The summed E-state index contributed by atoms with van der Waals surface area (Å²) in [5.74, 6) is -0.122. The summed E-state index contributed by atoms with van der Waals surface area (Å²) in [6, 6.07) is 8.81. The van der Waals surface area contributed by atoms with Gasteiger partial charge in [-0.3, -0.25) is 0 Å². The fourth-order valence-electron chi connectivity index (χ4n) is 1.96. The van der Waals surface area contributed by atoms with Gasteiger partial charge in [-0.25, -0.2) is 4.39 Å². The van der Waals surface area contributed by atoms with Crippen molar-refractivity contribution in [3.63, 3.8) is 0 Å². The Morgan fingerprint density at radius 3 is 2.84 bits per heavy atom. The summed E-state index contributed by atoms with van der Waals surface area (Å²) in [4.78, 5) is 0.911. The van der Waals surface area contributed by atoms with Crippen molar-refractivity contribution < 1.29 is 8.91 Å². The molecule has 0 radical (unpaired) electrons. The highest BCUT2D eigenvalue weighted by atomic mass is 32.1. The maximum absolute atomic E-state index is 14.0. The quantitative estimate of drug-likeness (QED) is 0.765. The van der Waals surface area contributed by atoms with Crippen LogP contribution < -0.4 is 5.73 Å². The van der Waals surface area contributed by atoms with Crippen LogP contribution in [0.25, 0.3) is 21.7 Å². The summed E-state index contributed by atoms with van der Waals surface area (Å²) >= 11 is 1.51. The molecule has 3 nitrogen and oxygen atoms in total. The predicted molar refractivity (Wildman–Crippen MR) is 74.4 cm³/mol. The molecular formula is C14H11FN2OS. The Kier molecular flexibility index (Phi) is 2.83. The SMILES string of the molecule is Cc1ccc(-c2noc(N)c2-c2cccs2)c(F)c1. The molecule has 0 spiro atoms. The molecule has 96 valence electrons. The van der Waals surface area contributed by atoms with Crippen molar-refractivity contribution in [2.24, 2.45) is 0 Å². The first-order valence-corrected chi connectivity index (χ1v) is 6.60. The monoisotopic (exact) mass is 274 g/mol. The van der Waals surface area contributed by atoms with E-state index < -0.39 is 0 Å². The van der Waals surface area contributed by atoms with Crippen LogP contribution in [0.3, 0.4) is 0 Å². The minimum atomic E-state index is -0.328. The standard InChI is InChI=1S/C14H11FN2OS/c1-8-4-5-9(10(15)7-8)13-12(14(16)18-17-13)11-3-2-6-19-11/h2-7H,16H2,1H3. The molecule has 0 saturated heterocycles. The third-order valence-electron chi connectivity index (χ3n) is 2.87. The van der Waals surface area contributed by atoms with E-state index in [1.54, 1.807) is 6.07 Å². The van der Waals surface area contributed by atoms with E-state index >= 15 is 0 Å². The Labute approximate surface area is 113 Å². The van der Waals surface area contributed by atoms with Gasteiger partial charge in [-0.2, -0.15) is 0 Å². The molecule has 0 unspecified atom stereocenters. The van der Waals surface area contributed by atoms with Gasteiger partial charge in [0.2, 0.25) is 5.88 Å². The van der Waals surface area contributed by atoms with Gasteiger partial charge in [-0.15, -0.1) is 11.3 Å². The van der Waals surface area contributed by atoms with Crippen LogP contribution >= 0.6 is 11.3 Å². The zero-order valence-electron chi connectivity index (χ0n) is 10.2. The topological polar surface area (TPSA) is 52.0 Å². The normalized spacial score (nSPS) is 10.8. The molecule has 19 heavy (non-hydrogen) atoms. The Morgan fingerprint density at radius 2 is 2.16 bits per heavy atom. The number of aryl methyl sites for hydroxylation is 1. The molecule has 3 aromatic rings. The zero-order chi connectivity index (χ0) is 13.4. The molecule has 2 aromatic heterocycles. The zero-order valence-corrected chi connectivity index (χ0v) is 11.0. The van der Waals surface area contributed by atoms with Gasteiger partial charge in [0.1, 0.15) is 11.5 Å². The molecule has 0 aliphatic heterocycles. The van der Waals surface area contributed by atoms with E-state index in [9.17, 15) is 4.39 Å². The van der Waals surface area contributed by atoms with E-state index in [2.05, 4.69) is 5.16 Å². The lowest BCUT2D eigenvalue weighted by atomic mass is 10.0. The van der Waals surface area contributed by atoms with Crippen LogP contribution in [0.4, 0.5) is 10.3 Å². The molecule has 5 heteroatoms. The third-order valence-corrected chi connectivity index (χ3v) is 3.75. The second-order valence-corrected chi connectivity index (χ2v) is 5.18. The molecule has 1 aromatic carbocycles. The average molecular weight is 274 g/mol. The van der Waals surface area contributed by atoms with Gasteiger partial charge >= 0.3 is 0 Å². The van der Waals surface area contributed by atoms with Crippen LogP contribution in [-0.2, 0) is 0 Å². The minimum Gasteiger partial charge on any atom is -0.367 e. The summed E-state index contributed by atoms with van der Waals surface area (Å²) in [5, 5.41) is 5.83. The Hall–Kier alpha value is -2.14. The highest BCUT2D eigenvalue weighted by molar-refractivity contribution is 7.13. The lowest BCUT2D eigenvalue weighted by molar-refractivity contribution is 0.439. The molecule has 0 fully saturated rings. The molecule has 2 heterocycles. The van der Waals surface area contributed by atoms with Gasteiger partial charge in [0.05, 0.1) is 5.56 Å². The predicted octanol–water partition coefficient (Wildman–Crippen LogP) is 4.10. The van der Waals surface area contributed by atoms with E-state index in [1.807, 2.05) is 30.5 Å². The number of aromatic nitrogens is 1. The van der Waals surface area contributed by atoms with Crippen molar-refractivity contribution in [1.29, 1.82) is 0 Å². The van der Waals surface area contributed by atoms with Gasteiger partial charge in [0.15, 0.2) is 0 Å². The number of halogens is 1.